The molecule has 0 spiro atoms. The van der Waals surface area contributed by atoms with E-state index in [4.69, 9.17) is 14.2 Å². The number of hydrogen-bond acceptors (Lipinski definition) is 7. The average molecular weight is 609 g/mol. The standard InChI is InChI=1S/C37H56N2O5/c1-6-8-12-34(42)43-32(37(20-21-37)35-38-33(10-7-2)39-44-35)18-13-24(3)29-16-17-30-26(11-9-19-36(29,30)5)14-15-27-22-28(40)23-31(41)25(27)4/h14-15,24,28-32,40-41H,4,6-13,16-23H2,1-3,5H3/t24-,28-,29-,30+,31+,32-,36-/m1/s1. The van der Waals surface area contributed by atoms with Crippen molar-refractivity contribution in [3.63, 3.8) is 0 Å². The fraction of sp³-hybridized carbons (Fsp3) is 0.757. The van der Waals surface area contributed by atoms with Gasteiger partial charge in [-0.2, -0.15) is 4.98 Å². The van der Waals surface area contributed by atoms with Gasteiger partial charge in [-0.25, -0.2) is 0 Å². The number of aliphatic hydroxyl groups is 2. The Morgan fingerprint density at radius 3 is 2.68 bits per heavy atom. The number of esters is 1. The second kappa shape index (κ2) is 14.0. The van der Waals surface area contributed by atoms with Crippen molar-refractivity contribution in [2.75, 3.05) is 0 Å². The minimum atomic E-state index is -0.653. The van der Waals surface area contributed by atoms with E-state index in [0.29, 0.717) is 42.9 Å². The number of allylic oxidation sites excluding steroid dienone is 3. The van der Waals surface area contributed by atoms with E-state index in [1.54, 1.807) is 0 Å². The average Bonchev–Trinajstić information content (AvgIpc) is 3.52. The van der Waals surface area contributed by atoms with Crippen LogP contribution in [-0.4, -0.2) is 44.6 Å². The van der Waals surface area contributed by atoms with Crippen LogP contribution in [0.25, 0.3) is 0 Å². The first-order valence-electron chi connectivity index (χ1n) is 17.6. The first-order valence-corrected chi connectivity index (χ1v) is 17.6. The van der Waals surface area contributed by atoms with Gasteiger partial charge in [-0.1, -0.05) is 63.6 Å². The summed E-state index contributed by atoms with van der Waals surface area (Å²) in [6.07, 6.45) is 17.7. The lowest BCUT2D eigenvalue weighted by atomic mass is 9.60. The van der Waals surface area contributed by atoms with Crippen molar-refractivity contribution in [1.82, 2.24) is 10.1 Å². The number of fused-ring (bicyclic) bond motifs is 1. The van der Waals surface area contributed by atoms with Crippen LogP contribution in [0.4, 0.5) is 0 Å². The number of carbonyl (C=O) groups excluding carboxylic acids is 1. The van der Waals surface area contributed by atoms with Gasteiger partial charge in [0, 0.05) is 19.3 Å². The van der Waals surface area contributed by atoms with E-state index in [2.05, 4.69) is 51.6 Å². The summed E-state index contributed by atoms with van der Waals surface area (Å²) in [5, 5.41) is 24.7. The zero-order chi connectivity index (χ0) is 31.5. The molecule has 7 nitrogen and oxygen atoms in total. The molecule has 244 valence electrons. The second-order valence-corrected chi connectivity index (χ2v) is 14.7. The number of rotatable bonds is 13. The minimum Gasteiger partial charge on any atom is -0.461 e. The predicted molar refractivity (Wildman–Crippen MR) is 172 cm³/mol. The number of hydrogen-bond donors (Lipinski definition) is 2. The lowest BCUT2D eigenvalue weighted by molar-refractivity contribution is -0.152. The van der Waals surface area contributed by atoms with Crippen LogP contribution in [-0.2, 0) is 21.4 Å². The topological polar surface area (TPSA) is 106 Å². The molecule has 1 aromatic rings. The number of aryl methyl sites for hydroxylation is 1. The number of carbonyl (C=O) groups is 1. The van der Waals surface area contributed by atoms with Crippen molar-refractivity contribution in [2.45, 2.75) is 154 Å². The van der Waals surface area contributed by atoms with Crippen LogP contribution in [0, 0.1) is 23.2 Å². The molecule has 0 aliphatic heterocycles. The fourth-order valence-electron chi connectivity index (χ4n) is 8.87. The largest absolute Gasteiger partial charge is 0.461 e. The quantitative estimate of drug-likeness (QED) is 0.221. The molecule has 0 unspecified atom stereocenters. The zero-order valence-corrected chi connectivity index (χ0v) is 27.7. The summed E-state index contributed by atoms with van der Waals surface area (Å²) < 4.78 is 12.0. The van der Waals surface area contributed by atoms with Gasteiger partial charge < -0.3 is 19.5 Å². The van der Waals surface area contributed by atoms with Crippen LogP contribution in [0.15, 0.2) is 40.0 Å². The van der Waals surface area contributed by atoms with Crippen LogP contribution in [0.3, 0.4) is 0 Å². The molecule has 0 bridgehead atoms. The van der Waals surface area contributed by atoms with Crippen molar-refractivity contribution < 1.29 is 24.3 Å². The molecule has 44 heavy (non-hydrogen) atoms. The third-order valence-corrected chi connectivity index (χ3v) is 11.7. The number of aromatic nitrogens is 2. The highest BCUT2D eigenvalue weighted by molar-refractivity contribution is 5.69. The molecule has 0 aromatic carbocycles. The van der Waals surface area contributed by atoms with Gasteiger partial charge in [-0.3, -0.25) is 4.79 Å². The minimum absolute atomic E-state index is 0.103. The van der Waals surface area contributed by atoms with Crippen LogP contribution < -0.4 is 0 Å². The zero-order valence-electron chi connectivity index (χ0n) is 27.7. The van der Waals surface area contributed by atoms with E-state index in [-0.39, 0.29) is 22.9 Å². The first kappa shape index (κ1) is 33.1. The molecule has 0 amide bonds. The number of nitrogens with zero attached hydrogens (tertiary/aromatic N) is 2. The Morgan fingerprint density at radius 2 is 1.95 bits per heavy atom. The highest BCUT2D eigenvalue weighted by Crippen LogP contribution is 2.60. The molecule has 5 rings (SSSR count). The Balaban J connectivity index is 1.28. The number of ether oxygens (including phenoxy) is 1. The van der Waals surface area contributed by atoms with E-state index in [9.17, 15) is 15.0 Å². The Kier molecular flexibility index (Phi) is 10.6. The van der Waals surface area contributed by atoms with E-state index in [1.807, 2.05) is 0 Å². The summed E-state index contributed by atoms with van der Waals surface area (Å²) in [6.45, 7) is 13.2. The van der Waals surface area contributed by atoms with Gasteiger partial charge in [0.25, 0.3) is 0 Å². The molecule has 4 saturated carbocycles. The van der Waals surface area contributed by atoms with E-state index in [0.717, 1.165) is 74.8 Å². The maximum atomic E-state index is 12.9. The normalized spacial score (nSPS) is 32.9. The van der Waals surface area contributed by atoms with Crippen LogP contribution >= 0.6 is 0 Å². The lowest BCUT2D eigenvalue weighted by Gasteiger charge is -2.44. The van der Waals surface area contributed by atoms with Crippen LogP contribution in [0.5, 0.6) is 0 Å². The molecule has 4 fully saturated rings. The molecule has 7 heteroatoms. The monoisotopic (exact) mass is 608 g/mol. The third-order valence-electron chi connectivity index (χ3n) is 11.7. The fourth-order valence-corrected chi connectivity index (χ4v) is 8.87. The van der Waals surface area contributed by atoms with Crippen molar-refractivity contribution in [3.8, 4) is 0 Å². The summed E-state index contributed by atoms with van der Waals surface area (Å²) >= 11 is 0. The lowest BCUT2D eigenvalue weighted by Crippen LogP contribution is -2.37. The molecule has 4 aliphatic carbocycles. The van der Waals surface area contributed by atoms with Gasteiger partial charge in [0.1, 0.15) is 6.10 Å². The van der Waals surface area contributed by atoms with Crippen molar-refractivity contribution in [3.05, 3.63) is 47.2 Å². The molecule has 4 aliphatic rings. The van der Waals surface area contributed by atoms with Gasteiger partial charge >= 0.3 is 5.97 Å². The van der Waals surface area contributed by atoms with Gasteiger partial charge in [0.2, 0.25) is 5.89 Å². The van der Waals surface area contributed by atoms with Gasteiger partial charge in [0.15, 0.2) is 5.82 Å². The number of aliphatic hydroxyl groups excluding tert-OH is 2. The molecular formula is C37H56N2O5. The smallest absolute Gasteiger partial charge is 0.306 e. The Morgan fingerprint density at radius 1 is 1.16 bits per heavy atom. The molecular weight excluding hydrogens is 552 g/mol. The van der Waals surface area contributed by atoms with E-state index < -0.39 is 12.2 Å². The summed E-state index contributed by atoms with van der Waals surface area (Å²) in [7, 11) is 0. The van der Waals surface area contributed by atoms with Gasteiger partial charge in [0.05, 0.1) is 17.6 Å². The Bertz CT molecular complexity index is 1230. The molecule has 2 N–H and O–H groups in total. The van der Waals surface area contributed by atoms with Crippen molar-refractivity contribution >= 4 is 5.97 Å². The predicted octanol–water partition coefficient (Wildman–Crippen LogP) is 7.71. The SMILES string of the molecule is C=C1C(=CC=C2CCC[C@]3(C)[C@@H]([C@H](C)CC[C@@H](OC(=O)CCCC)C4(c5nc(CCC)no5)CC4)CC[C@@H]23)C[C@@H](O)C[C@@H]1O. The number of unbranched alkanes of at least 4 members (excludes halogenated alkanes) is 1. The van der Waals surface area contributed by atoms with E-state index >= 15 is 0 Å². The third kappa shape index (κ3) is 6.94. The maximum Gasteiger partial charge on any atom is 0.306 e. The molecule has 0 radical (unpaired) electrons. The molecule has 1 aromatic heterocycles. The molecule has 0 saturated heterocycles. The first-order chi connectivity index (χ1) is 21.1. The Hall–Kier alpha value is -2.25. The highest BCUT2D eigenvalue weighted by atomic mass is 16.5. The van der Waals surface area contributed by atoms with Crippen molar-refractivity contribution in [1.29, 1.82) is 0 Å². The second-order valence-electron chi connectivity index (χ2n) is 14.7. The van der Waals surface area contributed by atoms with Crippen LogP contribution in [0.2, 0.25) is 0 Å². The van der Waals surface area contributed by atoms with Crippen LogP contribution in [0.1, 0.15) is 136 Å². The summed E-state index contributed by atoms with van der Waals surface area (Å²) in [5.41, 5.74) is 3.17. The maximum absolute atomic E-state index is 12.9. The highest BCUT2D eigenvalue weighted by Gasteiger charge is 2.57. The molecule has 1 heterocycles. The van der Waals surface area contributed by atoms with Crippen molar-refractivity contribution in [2.24, 2.45) is 23.2 Å². The van der Waals surface area contributed by atoms with Gasteiger partial charge in [-0.05, 0) is 111 Å². The summed E-state index contributed by atoms with van der Waals surface area (Å²) in [6, 6.07) is 0. The summed E-state index contributed by atoms with van der Waals surface area (Å²) in [4.78, 5) is 17.7. The van der Waals surface area contributed by atoms with E-state index in [1.165, 1.54) is 31.3 Å². The Labute approximate surface area is 264 Å². The molecule has 7 atom stereocenters. The summed E-state index contributed by atoms with van der Waals surface area (Å²) in [5.74, 6) is 2.99. The van der Waals surface area contributed by atoms with Gasteiger partial charge in [-0.15, -0.1) is 0 Å².